The number of para-hydroxylation sites is 1. The number of benzene rings is 2. The van der Waals surface area contributed by atoms with Crippen LogP contribution in [0.5, 0.6) is 0 Å². The molecule has 2 amide bonds. The van der Waals surface area contributed by atoms with Gasteiger partial charge < -0.3 is 9.73 Å². The van der Waals surface area contributed by atoms with Crippen molar-refractivity contribution in [2.24, 2.45) is 7.05 Å². The Balaban J connectivity index is 1.28. The van der Waals surface area contributed by atoms with Gasteiger partial charge in [-0.3, -0.25) is 14.9 Å². The lowest BCUT2D eigenvalue weighted by Gasteiger charge is -2.21. The van der Waals surface area contributed by atoms with E-state index in [0.717, 1.165) is 28.6 Å². The molecule has 2 aromatic carbocycles. The lowest BCUT2D eigenvalue weighted by atomic mass is 9.94. The van der Waals surface area contributed by atoms with E-state index < -0.39 is 17.7 Å². The molecule has 4 heterocycles. The summed E-state index contributed by atoms with van der Waals surface area (Å²) in [5.41, 5.74) is 3.67. The number of rotatable bonds is 7. The van der Waals surface area contributed by atoms with E-state index in [1.807, 2.05) is 62.6 Å². The second-order valence-corrected chi connectivity index (χ2v) is 11.1. The number of carbonyl (C=O) groups is 1. The summed E-state index contributed by atoms with van der Waals surface area (Å²) in [6, 6.07) is 16.3. The summed E-state index contributed by atoms with van der Waals surface area (Å²) in [4.78, 5) is 15.7. The van der Waals surface area contributed by atoms with Crippen LogP contribution in [0, 0.1) is 18.6 Å². The third-order valence-corrected chi connectivity index (χ3v) is 7.85. The first-order valence-electron chi connectivity index (χ1n) is 13.4. The van der Waals surface area contributed by atoms with Crippen molar-refractivity contribution in [3.63, 3.8) is 0 Å². The minimum absolute atomic E-state index is 0.282. The molecule has 6 rings (SSSR count). The third-order valence-electron chi connectivity index (χ3n) is 7.43. The maximum Gasteiger partial charge on any atom is 0.320 e. The van der Waals surface area contributed by atoms with Gasteiger partial charge >= 0.3 is 6.03 Å². The number of anilines is 1. The fourth-order valence-electron chi connectivity index (χ4n) is 5.43. The third kappa shape index (κ3) is 5.72. The molecular weight excluding hydrogens is 608 g/mol. The van der Waals surface area contributed by atoms with Gasteiger partial charge in [0, 0.05) is 43.4 Å². The van der Waals surface area contributed by atoms with Crippen LogP contribution in [0.3, 0.4) is 0 Å². The maximum atomic E-state index is 14.2. The Kier molecular flexibility index (Phi) is 7.65. The Bertz CT molecular complexity index is 1730. The quantitative estimate of drug-likeness (QED) is 0.229. The molecule has 0 bridgehead atoms. The zero-order chi connectivity index (χ0) is 29.4. The summed E-state index contributed by atoms with van der Waals surface area (Å²) < 4.78 is 37.7. The maximum absolute atomic E-state index is 14.2. The normalized spacial score (nSPS) is 17.1. The molecule has 1 fully saturated rings. The van der Waals surface area contributed by atoms with E-state index in [9.17, 15) is 13.6 Å². The van der Waals surface area contributed by atoms with E-state index in [1.54, 1.807) is 21.6 Å². The Morgan fingerprint density at radius 1 is 1.10 bits per heavy atom. The standard InChI is InChI=1S/C30H28BrF2N7O2/c1-18-28(20-13-34-38(2)14-20)37-40(21-6-4-3-5-7-21)29(18)36-30(41)35-26-17-39(15-22-9-11-27(31)42-22)16-23(26)19-8-10-24(32)25(33)12-19/h3-14,23,26H,15-17H2,1-2H3,(H2,35,36,41)/t23-,26+/m0/s1. The molecule has 2 N–H and O–H groups in total. The SMILES string of the molecule is Cc1c(-c2cnn(C)c2)nn(-c2ccccc2)c1NC(=O)N[C@@H]1CN(Cc2ccc(Br)o2)C[C@H]1c1ccc(F)c(F)c1. The topological polar surface area (TPSA) is 93.2 Å². The molecule has 0 aliphatic carbocycles. The highest BCUT2D eigenvalue weighted by Crippen LogP contribution is 2.32. The summed E-state index contributed by atoms with van der Waals surface area (Å²) in [5.74, 6) is -0.853. The van der Waals surface area contributed by atoms with Crippen molar-refractivity contribution in [2.45, 2.75) is 25.4 Å². The molecule has 42 heavy (non-hydrogen) atoms. The minimum atomic E-state index is -0.922. The predicted molar refractivity (Wildman–Crippen MR) is 157 cm³/mol. The number of aromatic nitrogens is 4. The highest BCUT2D eigenvalue weighted by molar-refractivity contribution is 9.10. The van der Waals surface area contributed by atoms with Crippen molar-refractivity contribution in [3.05, 3.63) is 106 Å². The van der Waals surface area contributed by atoms with Gasteiger partial charge in [-0.05, 0) is 64.8 Å². The number of likely N-dealkylation sites (tertiary alicyclic amines) is 1. The van der Waals surface area contributed by atoms with Crippen LogP contribution in [0.4, 0.5) is 19.4 Å². The second kappa shape index (κ2) is 11.5. The van der Waals surface area contributed by atoms with Crippen LogP contribution >= 0.6 is 15.9 Å². The van der Waals surface area contributed by atoms with E-state index >= 15 is 0 Å². The fourth-order valence-corrected chi connectivity index (χ4v) is 5.77. The number of hydrogen-bond acceptors (Lipinski definition) is 5. The Hall–Kier alpha value is -4.29. The Labute approximate surface area is 249 Å². The van der Waals surface area contributed by atoms with Crippen LogP contribution < -0.4 is 10.6 Å². The van der Waals surface area contributed by atoms with Gasteiger partial charge in [-0.1, -0.05) is 24.3 Å². The van der Waals surface area contributed by atoms with Crippen molar-refractivity contribution >= 4 is 27.8 Å². The average Bonchev–Trinajstić information content (AvgIpc) is 3.75. The summed E-state index contributed by atoms with van der Waals surface area (Å²) in [6.45, 7) is 3.39. The summed E-state index contributed by atoms with van der Waals surface area (Å²) in [7, 11) is 1.83. The van der Waals surface area contributed by atoms with Gasteiger partial charge in [-0.2, -0.15) is 10.2 Å². The van der Waals surface area contributed by atoms with E-state index in [0.29, 0.717) is 41.4 Å². The van der Waals surface area contributed by atoms with Crippen molar-refractivity contribution in [1.29, 1.82) is 0 Å². The first kappa shape index (κ1) is 27.9. The number of halogens is 3. The molecule has 3 aromatic heterocycles. The first-order valence-corrected chi connectivity index (χ1v) is 14.2. The van der Waals surface area contributed by atoms with Crippen LogP contribution in [0.25, 0.3) is 16.9 Å². The lowest BCUT2D eigenvalue weighted by molar-refractivity contribution is 0.246. The van der Waals surface area contributed by atoms with Crippen molar-refractivity contribution < 1.29 is 18.0 Å². The van der Waals surface area contributed by atoms with Gasteiger partial charge in [0.05, 0.1) is 24.5 Å². The van der Waals surface area contributed by atoms with Crippen LogP contribution in [0.2, 0.25) is 0 Å². The van der Waals surface area contributed by atoms with Gasteiger partial charge in [-0.15, -0.1) is 0 Å². The van der Waals surface area contributed by atoms with E-state index in [1.165, 1.54) is 6.07 Å². The molecule has 1 aliphatic heterocycles. The lowest BCUT2D eigenvalue weighted by Crippen LogP contribution is -2.42. The smallest absolute Gasteiger partial charge is 0.320 e. The highest BCUT2D eigenvalue weighted by atomic mass is 79.9. The van der Waals surface area contributed by atoms with Crippen molar-refractivity contribution in [3.8, 4) is 16.9 Å². The summed E-state index contributed by atoms with van der Waals surface area (Å²) >= 11 is 3.33. The number of carbonyl (C=O) groups excluding carboxylic acids is 1. The molecule has 12 heteroatoms. The summed E-state index contributed by atoms with van der Waals surface area (Å²) in [6.07, 6.45) is 3.59. The second-order valence-electron chi connectivity index (χ2n) is 10.4. The van der Waals surface area contributed by atoms with Crippen molar-refractivity contribution in [2.75, 3.05) is 18.4 Å². The number of nitrogens with one attached hydrogen (secondary N) is 2. The number of furan rings is 1. The number of hydrogen-bond donors (Lipinski definition) is 2. The van der Waals surface area contributed by atoms with Crippen LogP contribution in [0.15, 0.2) is 82.1 Å². The number of nitrogens with zero attached hydrogens (tertiary/aromatic N) is 5. The highest BCUT2D eigenvalue weighted by Gasteiger charge is 2.36. The number of amides is 2. The molecule has 1 aliphatic rings. The molecule has 216 valence electrons. The van der Waals surface area contributed by atoms with Crippen LogP contribution in [-0.4, -0.2) is 49.6 Å². The molecule has 0 saturated carbocycles. The molecule has 2 atom stereocenters. The zero-order valence-corrected chi connectivity index (χ0v) is 24.5. The Morgan fingerprint density at radius 3 is 2.60 bits per heavy atom. The van der Waals surface area contributed by atoms with E-state index in [-0.39, 0.29) is 12.0 Å². The largest absolute Gasteiger partial charge is 0.453 e. The minimum Gasteiger partial charge on any atom is -0.453 e. The predicted octanol–water partition coefficient (Wildman–Crippen LogP) is 6.00. The molecule has 9 nitrogen and oxygen atoms in total. The fraction of sp³-hybridized carbons (Fsp3) is 0.233. The van der Waals surface area contributed by atoms with Crippen molar-refractivity contribution in [1.82, 2.24) is 29.8 Å². The van der Waals surface area contributed by atoms with Gasteiger partial charge in [0.15, 0.2) is 16.3 Å². The van der Waals surface area contributed by atoms with E-state index in [2.05, 4.69) is 36.6 Å². The molecule has 0 radical (unpaired) electrons. The number of urea groups is 1. The Morgan fingerprint density at radius 2 is 1.90 bits per heavy atom. The van der Waals surface area contributed by atoms with Gasteiger partial charge in [0.2, 0.25) is 0 Å². The molecule has 5 aromatic rings. The van der Waals surface area contributed by atoms with Crippen LogP contribution in [0.1, 0.15) is 22.8 Å². The molecule has 1 saturated heterocycles. The zero-order valence-electron chi connectivity index (χ0n) is 22.9. The number of aryl methyl sites for hydroxylation is 1. The molecular formula is C30H28BrF2N7O2. The summed E-state index contributed by atoms with van der Waals surface area (Å²) in [5, 5.41) is 15.2. The average molecular weight is 637 g/mol. The van der Waals surface area contributed by atoms with Gasteiger partial charge in [0.1, 0.15) is 17.3 Å². The van der Waals surface area contributed by atoms with E-state index in [4.69, 9.17) is 9.52 Å². The van der Waals surface area contributed by atoms with Gasteiger partial charge in [0.25, 0.3) is 0 Å². The van der Waals surface area contributed by atoms with Gasteiger partial charge in [-0.25, -0.2) is 18.3 Å². The molecule has 0 unspecified atom stereocenters. The molecule has 0 spiro atoms. The first-order chi connectivity index (χ1) is 20.2. The van der Waals surface area contributed by atoms with Crippen LogP contribution in [-0.2, 0) is 13.6 Å². The monoisotopic (exact) mass is 635 g/mol.